The molecule has 1 N–H and O–H groups in total. The molecule has 3 nitrogen and oxygen atoms in total. The zero-order valence-corrected chi connectivity index (χ0v) is 13.2. The Morgan fingerprint density at radius 1 is 1.10 bits per heavy atom. The Morgan fingerprint density at radius 2 is 1.71 bits per heavy atom. The fraction of sp³-hybridized carbons (Fsp3) is 0.235. The van der Waals surface area contributed by atoms with E-state index in [0.717, 1.165) is 16.1 Å². The smallest absolute Gasteiger partial charge is 0.332 e. The lowest BCUT2D eigenvalue weighted by Crippen LogP contribution is -2.22. The molecular formula is C17H19NO2S. The molecule has 0 amide bonds. The molecule has 0 aliphatic heterocycles. The largest absolute Gasteiger partial charge is 0.467 e. The van der Waals surface area contributed by atoms with Gasteiger partial charge in [0.25, 0.3) is 0 Å². The van der Waals surface area contributed by atoms with Crippen molar-refractivity contribution < 1.29 is 9.53 Å². The molecule has 2 aromatic carbocycles. The van der Waals surface area contributed by atoms with E-state index in [0.29, 0.717) is 0 Å². The lowest BCUT2D eigenvalue weighted by Gasteiger charge is -2.18. The van der Waals surface area contributed by atoms with Crippen LogP contribution in [0.1, 0.15) is 17.2 Å². The van der Waals surface area contributed by atoms with Crippen LogP contribution in [0, 0.1) is 6.92 Å². The first-order valence-corrected chi connectivity index (χ1v) is 7.91. The summed E-state index contributed by atoms with van der Waals surface area (Å²) in [7, 11) is 1.41. The first kappa shape index (κ1) is 15.4. The molecule has 0 fully saturated rings. The number of esters is 1. The molecule has 0 aliphatic carbocycles. The van der Waals surface area contributed by atoms with Crippen molar-refractivity contribution in [3.8, 4) is 0 Å². The highest BCUT2D eigenvalue weighted by Crippen LogP contribution is 2.24. The van der Waals surface area contributed by atoms with Crippen molar-refractivity contribution in [2.45, 2.75) is 17.9 Å². The van der Waals surface area contributed by atoms with Crippen LogP contribution in [0.3, 0.4) is 0 Å². The topological polar surface area (TPSA) is 38.3 Å². The summed E-state index contributed by atoms with van der Waals surface area (Å²) >= 11 is 1.67. The maximum absolute atomic E-state index is 12.0. The van der Waals surface area contributed by atoms with Crippen molar-refractivity contribution in [1.29, 1.82) is 0 Å². The number of nitrogens with one attached hydrogen (secondary N) is 1. The second-order valence-corrected chi connectivity index (χ2v) is 5.62. The van der Waals surface area contributed by atoms with Crippen molar-refractivity contribution in [2.24, 2.45) is 0 Å². The Hall–Kier alpha value is -1.94. The third-order valence-corrected chi connectivity index (χ3v) is 3.99. The maximum atomic E-state index is 12.0. The SMILES string of the molecule is COC(=O)C(Nc1ccc(C)cc1)c1ccc(SC)cc1. The highest BCUT2D eigenvalue weighted by atomic mass is 32.2. The molecule has 0 saturated heterocycles. The van der Waals surface area contributed by atoms with Crippen LogP contribution in [0.2, 0.25) is 0 Å². The molecule has 0 aromatic heterocycles. The van der Waals surface area contributed by atoms with Gasteiger partial charge in [-0.15, -0.1) is 11.8 Å². The number of rotatable bonds is 5. The predicted octanol–water partition coefficient (Wildman–Crippen LogP) is 4.04. The van der Waals surface area contributed by atoms with Crippen molar-refractivity contribution >= 4 is 23.4 Å². The number of thioether (sulfide) groups is 1. The van der Waals surface area contributed by atoms with E-state index in [4.69, 9.17) is 4.74 Å². The Morgan fingerprint density at radius 3 is 2.24 bits per heavy atom. The lowest BCUT2D eigenvalue weighted by atomic mass is 10.1. The van der Waals surface area contributed by atoms with E-state index in [9.17, 15) is 4.79 Å². The van der Waals surface area contributed by atoms with Gasteiger partial charge in [0.05, 0.1) is 7.11 Å². The summed E-state index contributed by atoms with van der Waals surface area (Å²) in [6, 6.07) is 15.3. The van der Waals surface area contributed by atoms with Crippen LogP contribution >= 0.6 is 11.8 Å². The maximum Gasteiger partial charge on any atom is 0.332 e. The highest BCUT2D eigenvalue weighted by molar-refractivity contribution is 7.98. The number of hydrogen-bond acceptors (Lipinski definition) is 4. The van der Waals surface area contributed by atoms with Crippen molar-refractivity contribution in [3.63, 3.8) is 0 Å². The number of carbonyl (C=O) groups excluding carboxylic acids is 1. The normalized spacial score (nSPS) is 11.8. The summed E-state index contributed by atoms with van der Waals surface area (Å²) in [5.74, 6) is -0.299. The zero-order chi connectivity index (χ0) is 15.2. The van der Waals surface area contributed by atoms with Gasteiger partial charge in [-0.05, 0) is 43.0 Å². The Balaban J connectivity index is 2.25. The number of benzene rings is 2. The molecule has 0 heterocycles. The van der Waals surface area contributed by atoms with Crippen LogP contribution in [-0.2, 0) is 9.53 Å². The second-order valence-electron chi connectivity index (χ2n) is 4.74. The van der Waals surface area contributed by atoms with Crippen LogP contribution in [-0.4, -0.2) is 19.3 Å². The summed E-state index contributed by atoms with van der Waals surface area (Å²) in [5, 5.41) is 3.23. The number of methoxy groups -OCH3 is 1. The Bertz CT molecular complexity index is 593. The average Bonchev–Trinajstić information content (AvgIpc) is 2.54. The van der Waals surface area contributed by atoms with Gasteiger partial charge in [-0.25, -0.2) is 4.79 Å². The average molecular weight is 301 g/mol. The number of ether oxygens (including phenoxy) is 1. The van der Waals surface area contributed by atoms with Crippen molar-refractivity contribution in [3.05, 3.63) is 59.7 Å². The summed E-state index contributed by atoms with van der Waals surface area (Å²) in [6.07, 6.45) is 2.03. The van der Waals surface area contributed by atoms with E-state index < -0.39 is 6.04 Å². The van der Waals surface area contributed by atoms with E-state index in [1.165, 1.54) is 12.7 Å². The third-order valence-electron chi connectivity index (χ3n) is 3.25. The van der Waals surface area contributed by atoms with E-state index in [-0.39, 0.29) is 5.97 Å². The van der Waals surface area contributed by atoms with Crippen LogP contribution in [0.4, 0.5) is 5.69 Å². The zero-order valence-electron chi connectivity index (χ0n) is 12.4. The summed E-state index contributed by atoms with van der Waals surface area (Å²) < 4.78 is 4.91. The first-order chi connectivity index (χ1) is 10.1. The Kier molecular flexibility index (Phi) is 5.28. The second kappa shape index (κ2) is 7.18. The summed E-state index contributed by atoms with van der Waals surface area (Å²) in [6.45, 7) is 2.03. The molecule has 1 atom stereocenters. The van der Waals surface area contributed by atoms with Gasteiger partial charge in [0.15, 0.2) is 6.04 Å². The Labute approximate surface area is 129 Å². The van der Waals surface area contributed by atoms with Crippen molar-refractivity contribution in [1.82, 2.24) is 0 Å². The van der Waals surface area contributed by atoms with E-state index >= 15 is 0 Å². The van der Waals surface area contributed by atoms with Gasteiger partial charge in [-0.2, -0.15) is 0 Å². The van der Waals surface area contributed by atoms with E-state index in [2.05, 4.69) is 5.32 Å². The van der Waals surface area contributed by atoms with Crippen LogP contribution in [0.25, 0.3) is 0 Å². The fourth-order valence-corrected chi connectivity index (χ4v) is 2.42. The van der Waals surface area contributed by atoms with Gasteiger partial charge in [-0.3, -0.25) is 0 Å². The quantitative estimate of drug-likeness (QED) is 0.668. The highest BCUT2D eigenvalue weighted by Gasteiger charge is 2.21. The molecule has 0 saturated carbocycles. The van der Waals surface area contributed by atoms with E-state index in [1.807, 2.05) is 61.7 Å². The molecule has 2 rings (SSSR count). The molecule has 0 bridgehead atoms. The molecule has 4 heteroatoms. The molecule has 21 heavy (non-hydrogen) atoms. The molecular weight excluding hydrogens is 282 g/mol. The molecule has 2 aromatic rings. The lowest BCUT2D eigenvalue weighted by molar-refractivity contribution is -0.141. The van der Waals surface area contributed by atoms with Gasteiger partial charge in [0.2, 0.25) is 0 Å². The molecule has 0 aliphatic rings. The minimum Gasteiger partial charge on any atom is -0.467 e. The monoisotopic (exact) mass is 301 g/mol. The number of anilines is 1. The predicted molar refractivity (Wildman–Crippen MR) is 87.8 cm³/mol. The van der Waals surface area contributed by atoms with E-state index in [1.54, 1.807) is 11.8 Å². The third kappa shape index (κ3) is 4.02. The summed E-state index contributed by atoms with van der Waals surface area (Å²) in [4.78, 5) is 13.2. The summed E-state index contributed by atoms with van der Waals surface area (Å²) in [5.41, 5.74) is 2.96. The molecule has 110 valence electrons. The first-order valence-electron chi connectivity index (χ1n) is 6.69. The van der Waals surface area contributed by atoms with Crippen LogP contribution in [0.5, 0.6) is 0 Å². The minimum atomic E-state index is -0.506. The number of aryl methyl sites for hydroxylation is 1. The van der Waals surface area contributed by atoms with Gasteiger partial charge in [0, 0.05) is 10.6 Å². The van der Waals surface area contributed by atoms with Gasteiger partial charge in [-0.1, -0.05) is 29.8 Å². The van der Waals surface area contributed by atoms with Gasteiger partial charge < -0.3 is 10.1 Å². The molecule has 1 unspecified atom stereocenters. The van der Waals surface area contributed by atoms with Crippen molar-refractivity contribution in [2.75, 3.05) is 18.7 Å². The van der Waals surface area contributed by atoms with Crippen LogP contribution in [0.15, 0.2) is 53.4 Å². The molecule has 0 spiro atoms. The number of carbonyl (C=O) groups is 1. The molecule has 0 radical (unpaired) electrons. The van der Waals surface area contributed by atoms with Gasteiger partial charge >= 0.3 is 5.97 Å². The standard InChI is InChI=1S/C17H19NO2S/c1-12-4-8-14(9-5-12)18-16(17(19)20-2)13-6-10-15(21-3)11-7-13/h4-11,16,18H,1-3H3. The number of hydrogen-bond donors (Lipinski definition) is 1. The van der Waals surface area contributed by atoms with Gasteiger partial charge in [0.1, 0.15) is 0 Å². The fourth-order valence-electron chi connectivity index (χ4n) is 2.01. The minimum absolute atomic E-state index is 0.299. The van der Waals surface area contributed by atoms with Crippen LogP contribution < -0.4 is 5.32 Å².